The number of nitrogens with zero attached hydrogens (tertiary/aromatic N) is 1. The van der Waals surface area contributed by atoms with Gasteiger partial charge in [-0.2, -0.15) is 0 Å². The van der Waals surface area contributed by atoms with Crippen LogP contribution in [0.4, 0.5) is 0 Å². The molecule has 0 spiro atoms. The van der Waals surface area contributed by atoms with Gasteiger partial charge in [0, 0.05) is 12.3 Å². The molecule has 1 aromatic heterocycles. The van der Waals surface area contributed by atoms with Crippen molar-refractivity contribution < 1.29 is 10.1 Å². The maximum absolute atomic E-state index is 5.32. The Morgan fingerprint density at radius 3 is 2.73 bits per heavy atom. The van der Waals surface area contributed by atoms with Gasteiger partial charge in [0.05, 0.1) is 12.7 Å². The Kier molecular flexibility index (Phi) is 2.06. The summed E-state index contributed by atoms with van der Waals surface area (Å²) in [4.78, 5) is 3.92. The van der Waals surface area contributed by atoms with Gasteiger partial charge in [0.1, 0.15) is 0 Å². The lowest BCUT2D eigenvalue weighted by molar-refractivity contribution is -0.114. The van der Waals surface area contributed by atoms with E-state index in [2.05, 4.69) is 4.98 Å². The van der Waals surface area contributed by atoms with Crippen LogP contribution in [0.25, 0.3) is 0 Å². The van der Waals surface area contributed by atoms with Gasteiger partial charge in [0.25, 0.3) is 5.84 Å². The zero-order valence-corrected chi connectivity index (χ0v) is 6.24. The molecule has 0 aromatic carbocycles. The largest absolute Gasteiger partial charge is 0.481 e. The third-order valence-corrected chi connectivity index (χ3v) is 1.28. The van der Waals surface area contributed by atoms with Gasteiger partial charge >= 0.3 is 0 Å². The lowest BCUT2D eigenvalue weighted by atomic mass is 10.3. The predicted molar refractivity (Wildman–Crippen MR) is 41.0 cm³/mol. The summed E-state index contributed by atoms with van der Waals surface area (Å²) in [5, 5.41) is 5.32. The summed E-state index contributed by atoms with van der Waals surface area (Å²) in [6.07, 6.45) is 1.56. The lowest BCUT2D eigenvalue weighted by Gasteiger charge is -1.96. The van der Waals surface area contributed by atoms with Crippen LogP contribution in [0.3, 0.4) is 0 Å². The zero-order chi connectivity index (χ0) is 8.27. The Labute approximate surface area is 64.5 Å². The minimum atomic E-state index is 0.264. The Balaban J connectivity index is 2.91. The van der Waals surface area contributed by atoms with Crippen LogP contribution < -0.4 is 15.9 Å². The molecular formula is C7H10N3O+. The number of rotatable bonds is 2. The van der Waals surface area contributed by atoms with Crippen molar-refractivity contribution in [3.05, 3.63) is 23.9 Å². The molecule has 0 radical (unpaired) electrons. The molecule has 0 saturated carbocycles. The number of amidine groups is 1. The fraction of sp³-hybridized carbons (Fsp3) is 0.143. The average Bonchev–Trinajstić information content (AvgIpc) is 2.05. The highest BCUT2D eigenvalue weighted by molar-refractivity contribution is 5.92. The van der Waals surface area contributed by atoms with Gasteiger partial charge in [-0.05, 0) is 6.07 Å². The Morgan fingerprint density at radius 1 is 1.64 bits per heavy atom. The normalized spacial score (nSPS) is 9.18. The van der Waals surface area contributed by atoms with Crippen molar-refractivity contribution in [1.82, 2.24) is 4.98 Å². The van der Waals surface area contributed by atoms with Crippen LogP contribution in [-0.2, 0) is 0 Å². The molecule has 58 valence electrons. The summed E-state index contributed by atoms with van der Waals surface area (Å²) in [6.45, 7) is 0. The third kappa shape index (κ3) is 1.67. The van der Waals surface area contributed by atoms with Crippen molar-refractivity contribution in [2.45, 2.75) is 0 Å². The monoisotopic (exact) mass is 152 g/mol. The number of ether oxygens (including phenoxy) is 1. The second kappa shape index (κ2) is 3.01. The van der Waals surface area contributed by atoms with Crippen molar-refractivity contribution in [2.24, 2.45) is 5.73 Å². The predicted octanol–water partition coefficient (Wildman–Crippen LogP) is -1.45. The molecule has 1 aromatic rings. The molecule has 4 N–H and O–H groups in total. The third-order valence-electron chi connectivity index (χ3n) is 1.28. The van der Waals surface area contributed by atoms with Crippen LogP contribution in [0.15, 0.2) is 18.3 Å². The van der Waals surface area contributed by atoms with E-state index in [0.717, 1.165) is 0 Å². The summed E-state index contributed by atoms with van der Waals surface area (Å²) in [5.74, 6) is 0.815. The van der Waals surface area contributed by atoms with Gasteiger partial charge in [-0.25, -0.2) is 4.98 Å². The molecule has 0 amide bonds. The van der Waals surface area contributed by atoms with E-state index in [1.807, 2.05) is 0 Å². The number of hydrogen-bond donors (Lipinski definition) is 2. The second-order valence-electron chi connectivity index (χ2n) is 2.04. The lowest BCUT2D eigenvalue weighted by Crippen LogP contribution is -2.46. The quantitative estimate of drug-likeness (QED) is 0.402. The molecule has 4 nitrogen and oxygen atoms in total. The molecule has 0 bridgehead atoms. The van der Waals surface area contributed by atoms with Crippen LogP contribution in [0, 0.1) is 0 Å². The van der Waals surface area contributed by atoms with Crippen LogP contribution in [0.1, 0.15) is 5.56 Å². The van der Waals surface area contributed by atoms with E-state index in [-0.39, 0.29) is 5.84 Å². The second-order valence-corrected chi connectivity index (χ2v) is 2.04. The number of pyridine rings is 1. The first-order chi connectivity index (χ1) is 5.24. The highest BCUT2D eigenvalue weighted by atomic mass is 16.5. The average molecular weight is 152 g/mol. The fourth-order valence-corrected chi connectivity index (χ4v) is 0.672. The van der Waals surface area contributed by atoms with Crippen molar-refractivity contribution >= 4 is 5.84 Å². The molecular weight excluding hydrogens is 142 g/mol. The minimum Gasteiger partial charge on any atom is -0.481 e. The van der Waals surface area contributed by atoms with E-state index < -0.39 is 0 Å². The van der Waals surface area contributed by atoms with Gasteiger partial charge in [-0.1, -0.05) is 0 Å². The van der Waals surface area contributed by atoms with Gasteiger partial charge in [-0.15, -0.1) is 0 Å². The number of methoxy groups -OCH3 is 1. The van der Waals surface area contributed by atoms with Crippen LogP contribution in [0.5, 0.6) is 5.88 Å². The maximum atomic E-state index is 5.32. The molecule has 0 aliphatic carbocycles. The molecule has 0 unspecified atom stereocenters. The first-order valence-corrected chi connectivity index (χ1v) is 3.12. The summed E-state index contributed by atoms with van der Waals surface area (Å²) in [5.41, 5.74) is 6.03. The Bertz CT molecular complexity index is 255. The number of hydrogen-bond acceptors (Lipinski definition) is 2. The smallest absolute Gasteiger partial charge is 0.272 e. The summed E-state index contributed by atoms with van der Waals surface area (Å²) in [6, 6.07) is 3.45. The number of aromatic nitrogens is 1. The van der Waals surface area contributed by atoms with Gasteiger partial charge in [-0.3, -0.25) is 11.1 Å². The minimum absolute atomic E-state index is 0.264. The molecule has 0 aliphatic heterocycles. The highest BCUT2D eigenvalue weighted by Crippen LogP contribution is 2.04. The van der Waals surface area contributed by atoms with Gasteiger partial charge in [0.2, 0.25) is 5.88 Å². The van der Waals surface area contributed by atoms with Crippen molar-refractivity contribution in [3.8, 4) is 5.88 Å². The van der Waals surface area contributed by atoms with E-state index in [1.54, 1.807) is 25.4 Å². The topological polar surface area (TPSA) is 73.7 Å². The van der Waals surface area contributed by atoms with E-state index in [4.69, 9.17) is 15.9 Å². The molecule has 1 rings (SSSR count). The van der Waals surface area contributed by atoms with E-state index in [9.17, 15) is 0 Å². The molecule has 11 heavy (non-hydrogen) atoms. The molecule has 1 heterocycles. The number of nitrogens with two attached hydrogens (primary N) is 2. The van der Waals surface area contributed by atoms with Crippen LogP contribution >= 0.6 is 0 Å². The fourth-order valence-electron chi connectivity index (χ4n) is 0.672. The van der Waals surface area contributed by atoms with Crippen molar-refractivity contribution in [3.63, 3.8) is 0 Å². The first-order valence-electron chi connectivity index (χ1n) is 3.12. The molecule has 4 heteroatoms. The summed E-state index contributed by atoms with van der Waals surface area (Å²) < 4.78 is 4.85. The van der Waals surface area contributed by atoms with E-state index in [0.29, 0.717) is 11.4 Å². The first kappa shape index (κ1) is 7.53. The zero-order valence-electron chi connectivity index (χ0n) is 6.24. The van der Waals surface area contributed by atoms with Crippen LogP contribution in [0.2, 0.25) is 0 Å². The molecule has 0 saturated heterocycles. The summed E-state index contributed by atoms with van der Waals surface area (Å²) in [7, 11) is 1.55. The highest BCUT2D eigenvalue weighted by Gasteiger charge is 2.00. The molecule has 0 fully saturated rings. The molecule has 0 aliphatic rings. The maximum Gasteiger partial charge on any atom is 0.272 e. The standard InChI is InChI=1S/C7H9N3O/c1-11-6-3-2-5(4-10-6)7(8)9/h2-4H,1H3,(H3,8,9)/p+1. The molecule has 0 atom stereocenters. The van der Waals surface area contributed by atoms with Crippen molar-refractivity contribution in [2.75, 3.05) is 7.11 Å². The van der Waals surface area contributed by atoms with E-state index >= 15 is 0 Å². The Hall–Kier alpha value is -1.58. The van der Waals surface area contributed by atoms with Gasteiger partial charge < -0.3 is 4.74 Å². The van der Waals surface area contributed by atoms with Crippen LogP contribution in [-0.4, -0.2) is 17.9 Å². The van der Waals surface area contributed by atoms with Crippen molar-refractivity contribution in [1.29, 1.82) is 0 Å². The SMILES string of the molecule is COc1ccc(C(N)=[NH2+])cn1. The summed E-state index contributed by atoms with van der Waals surface area (Å²) >= 11 is 0. The van der Waals surface area contributed by atoms with Gasteiger partial charge in [0.15, 0.2) is 0 Å². The Morgan fingerprint density at radius 2 is 2.36 bits per heavy atom. The van der Waals surface area contributed by atoms with E-state index in [1.165, 1.54) is 0 Å².